The Morgan fingerprint density at radius 2 is 1.70 bits per heavy atom. The van der Waals surface area contributed by atoms with Gasteiger partial charge in [0.2, 0.25) is 0 Å². The van der Waals surface area contributed by atoms with Crippen LogP contribution in [0.4, 0.5) is 0 Å². The van der Waals surface area contributed by atoms with Gasteiger partial charge >= 0.3 is 0 Å². The lowest BCUT2D eigenvalue weighted by molar-refractivity contribution is -0.117. The molecule has 0 radical (unpaired) electrons. The zero-order valence-corrected chi connectivity index (χ0v) is 15.6. The molecule has 0 saturated carbocycles. The molecule has 1 heterocycles. The van der Waals surface area contributed by atoms with Gasteiger partial charge in [0, 0.05) is 42.7 Å². The number of ether oxygens (including phenoxy) is 2. The van der Waals surface area contributed by atoms with Crippen LogP contribution in [0.2, 0.25) is 5.02 Å². The summed E-state index contributed by atoms with van der Waals surface area (Å²) in [5.41, 5.74) is 2.04. The lowest BCUT2D eigenvalue weighted by Gasteiger charge is -2.36. The van der Waals surface area contributed by atoms with E-state index >= 15 is 0 Å². The molecule has 0 atom stereocenters. The standard InChI is InChI=1S/C22H19ClO4/c1-2-11-26-17-10-9-13(12-14(17)23)20-21-15(24)5-3-7-18(21)27-19-8-4-6-16(25)22(19)20/h1,9-10,12,20H,3-8,11H2. The van der Waals surface area contributed by atoms with Crippen LogP contribution in [0.5, 0.6) is 5.75 Å². The van der Waals surface area contributed by atoms with Crippen LogP contribution in [0.3, 0.4) is 0 Å². The fourth-order valence-electron chi connectivity index (χ4n) is 4.08. The number of rotatable bonds is 3. The molecule has 5 heteroatoms. The predicted molar refractivity (Wildman–Crippen MR) is 101 cm³/mol. The van der Waals surface area contributed by atoms with E-state index in [0.29, 0.717) is 46.3 Å². The second-order valence-corrected chi connectivity index (χ2v) is 7.35. The number of allylic oxidation sites excluding steroid dienone is 4. The van der Waals surface area contributed by atoms with Crippen molar-refractivity contribution in [3.63, 3.8) is 0 Å². The number of ketones is 2. The summed E-state index contributed by atoms with van der Waals surface area (Å²) in [7, 11) is 0. The van der Waals surface area contributed by atoms with E-state index in [-0.39, 0.29) is 18.2 Å². The van der Waals surface area contributed by atoms with Crippen molar-refractivity contribution < 1.29 is 19.1 Å². The van der Waals surface area contributed by atoms with Crippen molar-refractivity contribution in [2.45, 2.75) is 44.4 Å². The minimum atomic E-state index is -0.413. The summed E-state index contributed by atoms with van der Waals surface area (Å²) in [4.78, 5) is 25.5. The van der Waals surface area contributed by atoms with Gasteiger partial charge in [0.1, 0.15) is 23.9 Å². The molecule has 0 amide bonds. The van der Waals surface area contributed by atoms with Gasteiger partial charge in [-0.05, 0) is 30.5 Å². The van der Waals surface area contributed by atoms with Crippen LogP contribution >= 0.6 is 11.6 Å². The minimum absolute atomic E-state index is 0.0509. The average molecular weight is 383 g/mol. The molecule has 0 N–H and O–H groups in total. The zero-order valence-electron chi connectivity index (χ0n) is 14.8. The zero-order chi connectivity index (χ0) is 19.0. The summed E-state index contributed by atoms with van der Waals surface area (Å²) in [6.45, 7) is 0.123. The summed E-state index contributed by atoms with van der Waals surface area (Å²) in [5, 5.41) is 0.407. The van der Waals surface area contributed by atoms with E-state index in [1.54, 1.807) is 12.1 Å². The summed E-state index contributed by atoms with van der Waals surface area (Å²) < 4.78 is 11.5. The largest absolute Gasteiger partial charge is 0.479 e. The number of carbonyl (C=O) groups is 2. The van der Waals surface area contributed by atoms with Gasteiger partial charge in [0.05, 0.1) is 5.02 Å². The second-order valence-electron chi connectivity index (χ2n) is 6.94. The van der Waals surface area contributed by atoms with Gasteiger partial charge in [-0.2, -0.15) is 0 Å². The van der Waals surface area contributed by atoms with Gasteiger partial charge in [0.25, 0.3) is 0 Å². The first kappa shape index (κ1) is 17.9. The molecule has 1 aliphatic heterocycles. The molecule has 1 aromatic carbocycles. The van der Waals surface area contributed by atoms with Crippen LogP contribution in [-0.4, -0.2) is 18.2 Å². The van der Waals surface area contributed by atoms with Gasteiger partial charge in [-0.15, -0.1) is 6.42 Å². The molecule has 0 unspecified atom stereocenters. The molecule has 4 nitrogen and oxygen atoms in total. The Morgan fingerprint density at radius 1 is 1.07 bits per heavy atom. The molecular formula is C22H19ClO4. The van der Waals surface area contributed by atoms with Crippen LogP contribution in [0.1, 0.15) is 50.0 Å². The van der Waals surface area contributed by atoms with Gasteiger partial charge in [-0.1, -0.05) is 23.6 Å². The molecule has 0 spiro atoms. The third kappa shape index (κ3) is 3.17. The Hall–Kier alpha value is -2.51. The summed E-state index contributed by atoms with van der Waals surface area (Å²) in [5.74, 6) is 4.01. The van der Waals surface area contributed by atoms with E-state index in [1.165, 1.54) is 0 Å². The molecular weight excluding hydrogens is 364 g/mol. The number of hydrogen-bond acceptors (Lipinski definition) is 4. The van der Waals surface area contributed by atoms with Crippen molar-refractivity contribution in [3.05, 3.63) is 51.4 Å². The lowest BCUT2D eigenvalue weighted by atomic mass is 9.73. The van der Waals surface area contributed by atoms with E-state index in [9.17, 15) is 9.59 Å². The quantitative estimate of drug-likeness (QED) is 0.723. The lowest BCUT2D eigenvalue weighted by Crippen LogP contribution is -2.30. The summed E-state index contributed by atoms with van der Waals surface area (Å²) >= 11 is 6.38. The second kappa shape index (κ2) is 7.25. The van der Waals surface area contributed by atoms with Gasteiger partial charge in [0.15, 0.2) is 11.6 Å². The number of carbonyl (C=O) groups excluding carboxylic acids is 2. The van der Waals surface area contributed by atoms with Gasteiger partial charge in [-0.25, -0.2) is 0 Å². The fraction of sp³-hybridized carbons (Fsp3) is 0.364. The van der Waals surface area contributed by atoms with Gasteiger partial charge < -0.3 is 9.47 Å². The average Bonchev–Trinajstić information content (AvgIpc) is 2.66. The van der Waals surface area contributed by atoms with Crippen molar-refractivity contribution in [3.8, 4) is 18.1 Å². The first-order chi connectivity index (χ1) is 13.1. The Kier molecular flexibility index (Phi) is 4.80. The molecule has 0 saturated heterocycles. The first-order valence-electron chi connectivity index (χ1n) is 9.16. The SMILES string of the molecule is C#CCOc1ccc(C2C3=C(CCCC3=O)OC3=C2C(=O)CCC3)cc1Cl. The smallest absolute Gasteiger partial charge is 0.163 e. The van der Waals surface area contributed by atoms with Crippen molar-refractivity contribution in [1.82, 2.24) is 0 Å². The van der Waals surface area contributed by atoms with Crippen LogP contribution in [0, 0.1) is 12.3 Å². The summed E-state index contributed by atoms with van der Waals surface area (Å²) in [6.07, 6.45) is 9.19. The monoisotopic (exact) mass is 382 g/mol. The minimum Gasteiger partial charge on any atom is -0.479 e. The number of halogens is 1. The molecule has 27 heavy (non-hydrogen) atoms. The van der Waals surface area contributed by atoms with Crippen molar-refractivity contribution in [2.75, 3.05) is 6.61 Å². The maximum Gasteiger partial charge on any atom is 0.163 e. The Bertz CT molecular complexity index is 890. The third-order valence-corrected chi connectivity index (χ3v) is 5.54. The van der Waals surface area contributed by atoms with Crippen LogP contribution in [0.25, 0.3) is 0 Å². The van der Waals surface area contributed by atoms with Crippen LogP contribution in [-0.2, 0) is 14.3 Å². The molecule has 0 fully saturated rings. The van der Waals surface area contributed by atoms with E-state index < -0.39 is 5.92 Å². The highest BCUT2D eigenvalue weighted by Crippen LogP contribution is 2.48. The Morgan fingerprint density at radius 3 is 2.26 bits per heavy atom. The number of terminal acetylenes is 1. The Labute approximate surface area is 163 Å². The fourth-order valence-corrected chi connectivity index (χ4v) is 4.33. The molecule has 0 aromatic heterocycles. The topological polar surface area (TPSA) is 52.6 Å². The number of Topliss-reactive ketones (excluding diaryl/α,β-unsaturated/α-hetero) is 2. The van der Waals surface area contributed by atoms with Crippen molar-refractivity contribution in [1.29, 1.82) is 0 Å². The van der Waals surface area contributed by atoms with Crippen LogP contribution < -0.4 is 4.74 Å². The maximum absolute atomic E-state index is 12.7. The van der Waals surface area contributed by atoms with E-state index in [0.717, 1.165) is 31.2 Å². The maximum atomic E-state index is 12.7. The Balaban J connectivity index is 1.82. The highest BCUT2D eigenvalue weighted by Gasteiger charge is 2.41. The number of benzene rings is 1. The highest BCUT2D eigenvalue weighted by atomic mass is 35.5. The summed E-state index contributed by atoms with van der Waals surface area (Å²) in [6, 6.07) is 5.36. The number of hydrogen-bond donors (Lipinski definition) is 0. The molecule has 2 aliphatic carbocycles. The third-order valence-electron chi connectivity index (χ3n) is 5.24. The highest BCUT2D eigenvalue weighted by molar-refractivity contribution is 6.32. The molecule has 138 valence electrons. The predicted octanol–water partition coefficient (Wildman–Crippen LogP) is 4.48. The van der Waals surface area contributed by atoms with Crippen molar-refractivity contribution in [2.24, 2.45) is 0 Å². The molecule has 1 aromatic rings. The van der Waals surface area contributed by atoms with E-state index in [4.69, 9.17) is 27.5 Å². The van der Waals surface area contributed by atoms with E-state index in [1.807, 2.05) is 6.07 Å². The molecule has 3 aliphatic rings. The van der Waals surface area contributed by atoms with E-state index in [2.05, 4.69) is 5.92 Å². The van der Waals surface area contributed by atoms with Crippen LogP contribution in [0.15, 0.2) is 40.9 Å². The first-order valence-corrected chi connectivity index (χ1v) is 9.54. The normalized spacial score (nSPS) is 20.0. The van der Waals surface area contributed by atoms with Crippen molar-refractivity contribution >= 4 is 23.2 Å². The molecule has 0 bridgehead atoms. The van der Waals surface area contributed by atoms with Gasteiger partial charge in [-0.3, -0.25) is 9.59 Å². The molecule has 4 rings (SSSR count).